The molecule has 1 aromatic carbocycles. The largest absolute Gasteiger partial charge is 0.477 e. The van der Waals surface area contributed by atoms with Crippen molar-refractivity contribution in [3.63, 3.8) is 0 Å². The third-order valence-electron chi connectivity index (χ3n) is 6.60. The number of hydrogen-bond donors (Lipinski definition) is 5. The van der Waals surface area contributed by atoms with Crippen LogP contribution in [0.4, 0.5) is 0 Å². The molecule has 0 aliphatic carbocycles. The summed E-state index contributed by atoms with van der Waals surface area (Å²) in [7, 11) is 0. The molecule has 2 amide bonds. The number of nitrogens with two attached hydrogens (primary N) is 1. The first kappa shape index (κ1) is 25.5. The highest BCUT2D eigenvalue weighted by atomic mass is 35.5. The zero-order valence-corrected chi connectivity index (χ0v) is 20.0. The molecule has 3 aliphatic heterocycles. The number of nitrogens with zero attached hydrogens (tertiary/aromatic N) is 1. The van der Waals surface area contributed by atoms with Crippen molar-refractivity contribution in [3.8, 4) is 0 Å². The number of carboxylic acids is 1. The number of thioether (sulfide) groups is 1. The fourth-order valence-electron chi connectivity index (χ4n) is 5.01. The third-order valence-corrected chi connectivity index (χ3v) is 8.11. The maximum absolute atomic E-state index is 12.5. The van der Waals surface area contributed by atoms with Crippen molar-refractivity contribution in [2.45, 2.75) is 50.1 Å². The lowest BCUT2D eigenvalue weighted by atomic mass is 9.79. The van der Waals surface area contributed by atoms with E-state index >= 15 is 0 Å². The number of β-lactam (4-membered cyclic amide) rings is 1. The van der Waals surface area contributed by atoms with Crippen LogP contribution in [0.25, 0.3) is 0 Å². The molecule has 2 fully saturated rings. The summed E-state index contributed by atoms with van der Waals surface area (Å²) in [5.41, 5.74) is 4.17. The molecule has 1 aromatic rings. The Kier molecular flexibility index (Phi) is 7.75. The van der Waals surface area contributed by atoms with Crippen LogP contribution >= 0.6 is 24.2 Å². The zero-order valence-electron chi connectivity index (χ0n) is 18.4. The SMILES string of the molecule is C[C@@H](O)[C@H]1C(=O)N2C(C(=O)O)=C(S[C@@H]3CN[C@@H](c4ccc(CC(=O)NN)cc4)C3)[C@H](C)[C@H]12.Cl. The Bertz CT molecular complexity index is 970. The zero-order chi connectivity index (χ0) is 23.2. The van der Waals surface area contributed by atoms with Crippen LogP contribution in [0.15, 0.2) is 34.9 Å². The summed E-state index contributed by atoms with van der Waals surface area (Å²) in [5, 5.41) is 23.4. The lowest BCUT2D eigenvalue weighted by Crippen LogP contribution is -2.63. The second kappa shape index (κ2) is 10.0. The Labute approximate surface area is 202 Å². The summed E-state index contributed by atoms with van der Waals surface area (Å²) in [6, 6.07) is 7.62. The second-order valence-electron chi connectivity index (χ2n) is 8.69. The van der Waals surface area contributed by atoms with Crippen LogP contribution in [0.5, 0.6) is 0 Å². The molecule has 180 valence electrons. The van der Waals surface area contributed by atoms with E-state index in [4.69, 9.17) is 5.84 Å². The summed E-state index contributed by atoms with van der Waals surface area (Å²) in [6.45, 7) is 4.24. The van der Waals surface area contributed by atoms with Crippen molar-refractivity contribution in [1.82, 2.24) is 15.6 Å². The van der Waals surface area contributed by atoms with Gasteiger partial charge in [-0.15, -0.1) is 24.2 Å². The minimum atomic E-state index is -1.10. The molecule has 0 aromatic heterocycles. The van der Waals surface area contributed by atoms with E-state index in [-0.39, 0.29) is 59.6 Å². The number of halogens is 1. The normalized spacial score (nSPS) is 29.3. The average molecular weight is 497 g/mol. The van der Waals surface area contributed by atoms with Crippen molar-refractivity contribution in [1.29, 1.82) is 0 Å². The number of rotatable bonds is 7. The van der Waals surface area contributed by atoms with Crippen LogP contribution in [-0.4, -0.2) is 56.8 Å². The van der Waals surface area contributed by atoms with Crippen molar-refractivity contribution in [2.24, 2.45) is 17.7 Å². The molecule has 3 heterocycles. The number of amides is 2. The topological polar surface area (TPSA) is 145 Å². The van der Waals surface area contributed by atoms with Crippen molar-refractivity contribution in [2.75, 3.05) is 6.54 Å². The highest BCUT2D eigenvalue weighted by Gasteiger charge is 2.60. The smallest absolute Gasteiger partial charge is 0.353 e. The van der Waals surface area contributed by atoms with E-state index in [1.165, 1.54) is 16.7 Å². The predicted molar refractivity (Wildman–Crippen MR) is 126 cm³/mol. The highest BCUT2D eigenvalue weighted by molar-refractivity contribution is 8.03. The van der Waals surface area contributed by atoms with Crippen molar-refractivity contribution >= 4 is 42.0 Å². The number of carboxylic acid groups (broad SMARTS) is 1. The minimum Gasteiger partial charge on any atom is -0.477 e. The van der Waals surface area contributed by atoms with Gasteiger partial charge in [0.25, 0.3) is 0 Å². The number of fused-ring (bicyclic) bond motifs is 1. The monoisotopic (exact) mass is 496 g/mol. The third kappa shape index (κ3) is 4.63. The summed E-state index contributed by atoms with van der Waals surface area (Å²) in [4.78, 5) is 38.0. The Morgan fingerprint density at radius 2 is 2.00 bits per heavy atom. The minimum absolute atomic E-state index is 0. The molecule has 0 saturated carbocycles. The molecule has 11 heteroatoms. The number of hydrazine groups is 1. The Morgan fingerprint density at radius 3 is 2.58 bits per heavy atom. The molecule has 2 saturated heterocycles. The lowest BCUT2D eigenvalue weighted by molar-refractivity contribution is -0.163. The van der Waals surface area contributed by atoms with E-state index in [9.17, 15) is 24.6 Å². The van der Waals surface area contributed by atoms with Crippen LogP contribution in [0.3, 0.4) is 0 Å². The molecule has 4 rings (SSSR count). The molecule has 3 aliphatic rings. The number of carbonyl (C=O) groups excluding carboxylic acids is 2. The van der Waals surface area contributed by atoms with Gasteiger partial charge in [-0.3, -0.25) is 15.0 Å². The fraction of sp³-hybridized carbons (Fsp3) is 0.500. The predicted octanol–water partition coefficient (Wildman–Crippen LogP) is 0.931. The number of aliphatic hydroxyl groups excluding tert-OH is 1. The average Bonchev–Trinajstić information content (AvgIpc) is 3.30. The van der Waals surface area contributed by atoms with E-state index in [1.807, 2.05) is 31.2 Å². The van der Waals surface area contributed by atoms with Gasteiger partial charge in [0.1, 0.15) is 5.70 Å². The van der Waals surface area contributed by atoms with Crippen molar-refractivity contribution in [3.05, 3.63) is 46.0 Å². The maximum atomic E-state index is 12.5. The van der Waals surface area contributed by atoms with E-state index in [0.717, 1.165) is 22.5 Å². The first-order valence-electron chi connectivity index (χ1n) is 10.7. The van der Waals surface area contributed by atoms with Gasteiger partial charge in [-0.05, 0) is 24.5 Å². The van der Waals surface area contributed by atoms with E-state index in [0.29, 0.717) is 6.54 Å². The lowest BCUT2D eigenvalue weighted by Gasteiger charge is -2.46. The molecule has 33 heavy (non-hydrogen) atoms. The molecule has 9 nitrogen and oxygen atoms in total. The summed E-state index contributed by atoms with van der Waals surface area (Å²) in [6.07, 6.45) is 0.234. The van der Waals surface area contributed by atoms with Gasteiger partial charge in [0.05, 0.1) is 24.5 Å². The van der Waals surface area contributed by atoms with Crippen molar-refractivity contribution < 1.29 is 24.6 Å². The van der Waals surface area contributed by atoms with Crippen LogP contribution in [0.2, 0.25) is 0 Å². The fourth-order valence-corrected chi connectivity index (χ4v) is 6.49. The number of benzene rings is 1. The number of carbonyl (C=O) groups is 3. The molecule has 0 radical (unpaired) electrons. The molecule has 6 N–H and O–H groups in total. The van der Waals surface area contributed by atoms with E-state index < -0.39 is 18.0 Å². The summed E-state index contributed by atoms with van der Waals surface area (Å²) >= 11 is 1.53. The molecule has 0 unspecified atom stereocenters. The van der Waals surface area contributed by atoms with Crippen LogP contribution in [0, 0.1) is 11.8 Å². The Hall–Kier alpha value is -2.11. The first-order chi connectivity index (χ1) is 15.2. The number of aliphatic carboxylic acids is 1. The summed E-state index contributed by atoms with van der Waals surface area (Å²) in [5.74, 6) is 2.80. The van der Waals surface area contributed by atoms with E-state index in [1.54, 1.807) is 6.92 Å². The van der Waals surface area contributed by atoms with Crippen LogP contribution in [0.1, 0.15) is 37.4 Å². The van der Waals surface area contributed by atoms with Gasteiger partial charge in [-0.1, -0.05) is 31.2 Å². The molecular formula is C22H29ClN4O5S. The van der Waals surface area contributed by atoms with Gasteiger partial charge in [0.15, 0.2) is 0 Å². The second-order valence-corrected chi connectivity index (χ2v) is 10.0. The van der Waals surface area contributed by atoms with Gasteiger partial charge in [-0.2, -0.15) is 0 Å². The van der Waals surface area contributed by atoms with Gasteiger partial charge < -0.3 is 20.4 Å². The number of hydrogen-bond acceptors (Lipinski definition) is 7. The molecule has 6 atom stereocenters. The highest BCUT2D eigenvalue weighted by Crippen LogP contribution is 2.52. The molecule has 0 spiro atoms. The maximum Gasteiger partial charge on any atom is 0.353 e. The number of nitrogens with one attached hydrogen (secondary N) is 2. The number of aliphatic hydroxyl groups is 1. The van der Waals surface area contributed by atoms with E-state index in [2.05, 4.69) is 10.7 Å². The standard InChI is InChI=1S/C22H28N4O5S.ClH/c1-10-18-17(11(2)27)21(29)26(18)19(22(30)31)20(10)32-14-8-15(24-9-14)13-5-3-12(4-6-13)7-16(28)25-23;/h3-6,10-11,14-15,17-18,24,27H,7-9,23H2,1-2H3,(H,25,28)(H,30,31);1H/t10-,11-,14+,15-,17-,18-;/m1./s1. The van der Waals surface area contributed by atoms with Gasteiger partial charge in [0, 0.05) is 28.7 Å². The Balaban J connectivity index is 0.00000306. The molecule has 0 bridgehead atoms. The molecular weight excluding hydrogens is 468 g/mol. The van der Waals surface area contributed by atoms with Gasteiger partial charge in [0.2, 0.25) is 11.8 Å². The Morgan fingerprint density at radius 1 is 1.33 bits per heavy atom. The first-order valence-corrected chi connectivity index (χ1v) is 11.6. The van der Waals surface area contributed by atoms with Crippen LogP contribution in [-0.2, 0) is 20.8 Å². The van der Waals surface area contributed by atoms with Gasteiger partial charge in [-0.25, -0.2) is 10.6 Å². The summed E-state index contributed by atoms with van der Waals surface area (Å²) < 4.78 is 0. The quantitative estimate of drug-likeness (QED) is 0.162. The van der Waals surface area contributed by atoms with Gasteiger partial charge >= 0.3 is 5.97 Å². The van der Waals surface area contributed by atoms with Crippen LogP contribution < -0.4 is 16.6 Å².